The van der Waals surface area contributed by atoms with Crippen molar-refractivity contribution in [3.63, 3.8) is 0 Å². The van der Waals surface area contributed by atoms with Crippen molar-refractivity contribution in [1.29, 1.82) is 0 Å². The van der Waals surface area contributed by atoms with Gasteiger partial charge >= 0.3 is 0 Å². The molecule has 0 fully saturated rings. The molecular weight excluding hydrogens is 464 g/mol. The maximum Gasteiger partial charge on any atom is 0.160 e. The molecule has 2 aromatic heterocycles. The molecule has 0 aliphatic rings. The van der Waals surface area contributed by atoms with Crippen LogP contribution in [0.5, 0.6) is 5.75 Å². The minimum Gasteiger partial charge on any atom is -0.484 e. The Morgan fingerprint density at radius 1 is 1.00 bits per heavy atom. The smallest absolute Gasteiger partial charge is 0.160 e. The van der Waals surface area contributed by atoms with Gasteiger partial charge in [-0.2, -0.15) is 0 Å². The molecule has 0 amide bonds. The van der Waals surface area contributed by atoms with Gasteiger partial charge < -0.3 is 4.74 Å². The zero-order valence-corrected chi connectivity index (χ0v) is 16.9. The minimum absolute atomic E-state index is 0.398. The Hall–Kier alpha value is -1.76. The maximum absolute atomic E-state index is 6.05. The molecule has 124 valence electrons. The monoisotopic (exact) mass is 474 g/mol. The van der Waals surface area contributed by atoms with E-state index in [9.17, 15) is 0 Å². The van der Waals surface area contributed by atoms with E-state index < -0.39 is 0 Å². The number of fused-ring (bicyclic) bond motifs is 1. The van der Waals surface area contributed by atoms with Gasteiger partial charge in [-0.25, -0.2) is 4.98 Å². The highest BCUT2D eigenvalue weighted by Crippen LogP contribution is 2.37. The van der Waals surface area contributed by atoms with Crippen molar-refractivity contribution in [2.75, 3.05) is 0 Å². The van der Waals surface area contributed by atoms with Gasteiger partial charge in [0.25, 0.3) is 0 Å². The van der Waals surface area contributed by atoms with Gasteiger partial charge in [-0.15, -0.1) is 11.3 Å². The van der Waals surface area contributed by atoms with E-state index in [1.54, 1.807) is 17.5 Å². The molecule has 0 radical (unpaired) electrons. The van der Waals surface area contributed by atoms with Gasteiger partial charge in [-0.1, -0.05) is 52.3 Å². The highest BCUT2D eigenvalue weighted by Gasteiger charge is 2.13. The van der Waals surface area contributed by atoms with Gasteiger partial charge in [0.1, 0.15) is 17.1 Å². The van der Waals surface area contributed by atoms with Crippen molar-refractivity contribution in [3.05, 3.63) is 74.7 Å². The summed E-state index contributed by atoms with van der Waals surface area (Å²) < 4.78 is 7.90. The second-order valence-corrected chi connectivity index (χ2v) is 7.93. The van der Waals surface area contributed by atoms with Gasteiger partial charge in [0.05, 0.1) is 10.2 Å². The standard InChI is InChI=1S/C19H12Br2N2OS/c20-15-9-16(21)18(17-14(15)7-4-8-22-17)24-10-13-11-25-19(23-13)12-5-2-1-3-6-12/h1-9,11H,10H2. The summed E-state index contributed by atoms with van der Waals surface area (Å²) in [6.07, 6.45) is 1.77. The first-order valence-corrected chi connectivity index (χ1v) is 10.0. The van der Waals surface area contributed by atoms with Crippen LogP contribution in [0.3, 0.4) is 0 Å². The number of hydrogen-bond acceptors (Lipinski definition) is 4. The van der Waals surface area contributed by atoms with E-state index in [0.717, 1.165) is 41.9 Å². The van der Waals surface area contributed by atoms with E-state index in [-0.39, 0.29) is 0 Å². The van der Waals surface area contributed by atoms with E-state index >= 15 is 0 Å². The van der Waals surface area contributed by atoms with E-state index in [1.165, 1.54) is 0 Å². The number of pyridine rings is 1. The van der Waals surface area contributed by atoms with E-state index in [4.69, 9.17) is 4.74 Å². The molecule has 3 nitrogen and oxygen atoms in total. The SMILES string of the molecule is Brc1cc(Br)c2cccnc2c1OCc1csc(-c2ccccc2)n1. The molecule has 0 spiro atoms. The van der Waals surface area contributed by atoms with Gasteiger partial charge in [0.2, 0.25) is 0 Å². The van der Waals surface area contributed by atoms with Crippen molar-refractivity contribution in [3.8, 4) is 16.3 Å². The lowest BCUT2D eigenvalue weighted by molar-refractivity contribution is 0.303. The van der Waals surface area contributed by atoms with Crippen LogP contribution in [0, 0.1) is 0 Å². The summed E-state index contributed by atoms with van der Waals surface area (Å²) in [4.78, 5) is 9.14. The average molecular weight is 476 g/mol. The Morgan fingerprint density at radius 2 is 1.84 bits per heavy atom. The lowest BCUT2D eigenvalue weighted by Gasteiger charge is -2.11. The number of aromatic nitrogens is 2. The maximum atomic E-state index is 6.05. The number of hydrogen-bond donors (Lipinski definition) is 0. The molecule has 2 aromatic carbocycles. The minimum atomic E-state index is 0.398. The molecule has 2 heterocycles. The van der Waals surface area contributed by atoms with Crippen molar-refractivity contribution in [1.82, 2.24) is 9.97 Å². The van der Waals surface area contributed by atoms with Crippen LogP contribution in [0.4, 0.5) is 0 Å². The third-order valence-electron chi connectivity index (χ3n) is 3.69. The number of benzene rings is 2. The second kappa shape index (κ2) is 7.23. The predicted octanol–water partition coefficient (Wildman–Crippen LogP) is 6.46. The molecule has 0 bridgehead atoms. The van der Waals surface area contributed by atoms with Crippen LogP contribution >= 0.6 is 43.2 Å². The molecule has 0 saturated carbocycles. The predicted molar refractivity (Wildman–Crippen MR) is 109 cm³/mol. The zero-order valence-electron chi connectivity index (χ0n) is 12.9. The summed E-state index contributed by atoms with van der Waals surface area (Å²) in [6, 6.07) is 16.1. The quantitative estimate of drug-likeness (QED) is 0.339. The van der Waals surface area contributed by atoms with E-state index in [1.807, 2.05) is 41.8 Å². The molecule has 0 saturated heterocycles. The Kier molecular flexibility index (Phi) is 4.83. The highest BCUT2D eigenvalue weighted by atomic mass is 79.9. The Bertz CT molecular complexity index is 1030. The molecule has 25 heavy (non-hydrogen) atoms. The van der Waals surface area contributed by atoms with Crippen molar-refractivity contribution >= 4 is 54.1 Å². The second-order valence-electron chi connectivity index (χ2n) is 5.37. The van der Waals surface area contributed by atoms with Gasteiger partial charge in [-0.05, 0) is 28.1 Å². The van der Waals surface area contributed by atoms with Crippen LogP contribution < -0.4 is 4.74 Å². The first-order chi connectivity index (χ1) is 12.2. The fraction of sp³-hybridized carbons (Fsp3) is 0.0526. The van der Waals surface area contributed by atoms with E-state index in [0.29, 0.717) is 6.61 Å². The third-order valence-corrected chi connectivity index (χ3v) is 5.87. The molecule has 0 N–H and O–H groups in total. The summed E-state index contributed by atoms with van der Waals surface area (Å²) in [5.41, 5.74) is 2.85. The summed E-state index contributed by atoms with van der Waals surface area (Å²) in [6.45, 7) is 0.398. The van der Waals surface area contributed by atoms with E-state index in [2.05, 4.69) is 54.0 Å². The summed E-state index contributed by atoms with van der Waals surface area (Å²) in [5.74, 6) is 0.730. The number of thiazole rings is 1. The normalized spacial score (nSPS) is 11.0. The molecule has 0 aliphatic heterocycles. The van der Waals surface area contributed by atoms with Crippen LogP contribution in [0.2, 0.25) is 0 Å². The van der Waals surface area contributed by atoms with Crippen LogP contribution in [-0.4, -0.2) is 9.97 Å². The molecule has 0 atom stereocenters. The fourth-order valence-corrected chi connectivity index (χ4v) is 4.71. The molecule has 0 aliphatic carbocycles. The van der Waals surface area contributed by atoms with Crippen molar-refractivity contribution in [2.24, 2.45) is 0 Å². The van der Waals surface area contributed by atoms with Crippen molar-refractivity contribution < 1.29 is 4.74 Å². The zero-order chi connectivity index (χ0) is 17.2. The lowest BCUT2D eigenvalue weighted by Crippen LogP contribution is -1.98. The van der Waals surface area contributed by atoms with Gasteiger partial charge in [-0.3, -0.25) is 4.98 Å². The topological polar surface area (TPSA) is 35.0 Å². The van der Waals surface area contributed by atoms with Crippen LogP contribution in [0.15, 0.2) is 69.1 Å². The molecule has 6 heteroatoms. The Labute approximate surface area is 166 Å². The fourth-order valence-electron chi connectivity index (χ4n) is 2.52. The average Bonchev–Trinajstić information content (AvgIpc) is 3.11. The molecule has 4 rings (SSSR count). The number of rotatable bonds is 4. The summed E-state index contributed by atoms with van der Waals surface area (Å²) >= 11 is 8.76. The molecule has 0 unspecified atom stereocenters. The summed E-state index contributed by atoms with van der Waals surface area (Å²) in [7, 11) is 0. The molecule has 4 aromatic rings. The number of ether oxygens (including phenoxy) is 1. The van der Waals surface area contributed by atoms with Gasteiger partial charge in [0.15, 0.2) is 5.75 Å². The Balaban J connectivity index is 1.60. The number of halogens is 2. The first kappa shape index (κ1) is 16.7. The lowest BCUT2D eigenvalue weighted by atomic mass is 10.2. The first-order valence-electron chi connectivity index (χ1n) is 7.58. The van der Waals surface area contributed by atoms with Crippen LogP contribution in [0.25, 0.3) is 21.5 Å². The number of nitrogens with zero attached hydrogens (tertiary/aromatic N) is 2. The van der Waals surface area contributed by atoms with Crippen LogP contribution in [0.1, 0.15) is 5.69 Å². The van der Waals surface area contributed by atoms with Gasteiger partial charge in [0, 0.05) is 27.0 Å². The largest absolute Gasteiger partial charge is 0.484 e. The molecular formula is C19H12Br2N2OS. The Morgan fingerprint density at radius 3 is 2.68 bits per heavy atom. The van der Waals surface area contributed by atoms with Crippen molar-refractivity contribution in [2.45, 2.75) is 6.61 Å². The highest BCUT2D eigenvalue weighted by molar-refractivity contribution is 9.11. The summed E-state index contributed by atoms with van der Waals surface area (Å²) in [5, 5.41) is 4.05. The van der Waals surface area contributed by atoms with Crippen LogP contribution in [-0.2, 0) is 6.61 Å². The third kappa shape index (κ3) is 3.47.